The van der Waals surface area contributed by atoms with Gasteiger partial charge in [0.05, 0.1) is 7.11 Å². The lowest BCUT2D eigenvalue weighted by atomic mass is 9.72. The number of hydroxylamine groups is 4. The molecule has 3 saturated heterocycles. The number of carbonyl (C=O) groups excluding carboxylic acids is 1. The van der Waals surface area contributed by atoms with Crippen LogP contribution >= 0.6 is 0 Å². The minimum atomic E-state index is -0.913. The number of nitrogens with two attached hydrogens (primary N) is 1. The smallest absolute Gasteiger partial charge is 0.254 e. The highest BCUT2D eigenvalue weighted by atomic mass is 16.8. The van der Waals surface area contributed by atoms with Crippen LogP contribution < -0.4 is 11.2 Å². The van der Waals surface area contributed by atoms with Gasteiger partial charge in [0.15, 0.2) is 5.60 Å². The van der Waals surface area contributed by atoms with E-state index in [1.807, 2.05) is 32.8 Å². The number of hydrogen-bond donors (Lipinski definition) is 2. The Balaban J connectivity index is 1.98. The van der Waals surface area contributed by atoms with Gasteiger partial charge in [-0.25, -0.2) is 4.94 Å². The molecule has 3 fully saturated rings. The molecule has 3 aliphatic heterocycles. The van der Waals surface area contributed by atoms with E-state index in [9.17, 15) is 4.79 Å². The number of ether oxygens (including phenoxy) is 1. The lowest BCUT2D eigenvalue weighted by Crippen LogP contribution is -2.68. The Labute approximate surface area is 168 Å². The number of piperidine rings is 2. The lowest BCUT2D eigenvalue weighted by Gasteiger charge is -2.58. The van der Waals surface area contributed by atoms with Crippen LogP contribution in [0.25, 0.3) is 0 Å². The minimum absolute atomic E-state index is 0.0391. The summed E-state index contributed by atoms with van der Waals surface area (Å²) >= 11 is 0. The molecule has 1 amide bonds. The van der Waals surface area contributed by atoms with Crippen LogP contribution in [0.2, 0.25) is 0 Å². The second kappa shape index (κ2) is 6.12. The molecule has 3 N–H and O–H groups in total. The molecule has 0 aromatic rings. The standard InChI is InChI=1S/C20H38N4O4/c1-15(2)10-19(11-16(3,4)24(15)28-21)14(25)22-20(27-19)12-17(5,6)23(26-9)18(7,8)13-20/h10-13,21H2,1-9H3,(H,22,25). The summed E-state index contributed by atoms with van der Waals surface area (Å²) in [6.07, 6.45) is 2.29. The summed E-state index contributed by atoms with van der Waals surface area (Å²) in [7, 11) is 1.70. The van der Waals surface area contributed by atoms with E-state index in [1.165, 1.54) is 0 Å². The van der Waals surface area contributed by atoms with Gasteiger partial charge in [0.2, 0.25) is 0 Å². The predicted molar refractivity (Wildman–Crippen MR) is 105 cm³/mol. The molecule has 28 heavy (non-hydrogen) atoms. The summed E-state index contributed by atoms with van der Waals surface area (Å²) in [6.45, 7) is 16.6. The summed E-state index contributed by atoms with van der Waals surface area (Å²) < 4.78 is 6.79. The normalized spacial score (nSPS) is 32.6. The van der Waals surface area contributed by atoms with Crippen molar-refractivity contribution in [2.24, 2.45) is 5.90 Å². The van der Waals surface area contributed by atoms with Crippen LogP contribution in [0.3, 0.4) is 0 Å². The van der Waals surface area contributed by atoms with E-state index in [0.717, 1.165) is 0 Å². The topological polar surface area (TPSA) is 89.3 Å². The maximum atomic E-state index is 13.4. The summed E-state index contributed by atoms with van der Waals surface area (Å²) in [6, 6.07) is 0. The van der Waals surface area contributed by atoms with Crippen LogP contribution in [0.4, 0.5) is 0 Å². The fourth-order valence-electron chi connectivity index (χ4n) is 6.79. The van der Waals surface area contributed by atoms with E-state index in [1.54, 1.807) is 12.2 Å². The Morgan fingerprint density at radius 2 is 1.29 bits per heavy atom. The van der Waals surface area contributed by atoms with Gasteiger partial charge in [-0.2, -0.15) is 16.0 Å². The average molecular weight is 399 g/mol. The zero-order chi connectivity index (χ0) is 21.4. The van der Waals surface area contributed by atoms with E-state index in [0.29, 0.717) is 25.7 Å². The van der Waals surface area contributed by atoms with Crippen molar-refractivity contribution in [2.75, 3.05) is 7.11 Å². The maximum Gasteiger partial charge on any atom is 0.254 e. The van der Waals surface area contributed by atoms with Gasteiger partial charge in [-0.1, -0.05) is 0 Å². The Morgan fingerprint density at radius 1 is 0.857 bits per heavy atom. The summed E-state index contributed by atoms with van der Waals surface area (Å²) in [5.41, 5.74) is -3.17. The van der Waals surface area contributed by atoms with E-state index < -0.39 is 22.4 Å². The van der Waals surface area contributed by atoms with Crippen molar-refractivity contribution in [2.45, 2.75) is 115 Å². The first-order chi connectivity index (χ1) is 12.5. The van der Waals surface area contributed by atoms with E-state index in [4.69, 9.17) is 20.4 Å². The Morgan fingerprint density at radius 3 is 1.68 bits per heavy atom. The first-order valence-corrected chi connectivity index (χ1v) is 10.1. The zero-order valence-corrected chi connectivity index (χ0v) is 18.9. The van der Waals surface area contributed by atoms with Crippen LogP contribution in [-0.4, -0.2) is 56.6 Å². The molecule has 8 nitrogen and oxygen atoms in total. The SMILES string of the molecule is CON1C(C)(C)CC2(CC1(C)C)NC(=O)C1(CC(C)(C)N(ON)C(C)(C)C1)O2. The Bertz CT molecular complexity index is 623. The highest BCUT2D eigenvalue weighted by molar-refractivity contribution is 5.88. The van der Waals surface area contributed by atoms with Gasteiger partial charge in [-0.3, -0.25) is 4.79 Å². The molecule has 0 saturated carbocycles. The second-order valence-electron chi connectivity index (χ2n) is 11.4. The van der Waals surface area contributed by atoms with Crippen molar-refractivity contribution in [3.05, 3.63) is 0 Å². The Kier molecular flexibility index (Phi) is 4.79. The molecule has 0 aliphatic carbocycles. The summed E-state index contributed by atoms with van der Waals surface area (Å²) in [5.74, 6) is 5.54. The molecule has 0 bridgehead atoms. The molecule has 2 spiro atoms. The monoisotopic (exact) mass is 398 g/mol. The molecule has 162 valence electrons. The molecule has 3 aliphatic rings. The maximum absolute atomic E-state index is 13.4. The summed E-state index contributed by atoms with van der Waals surface area (Å²) in [5, 5.41) is 7.06. The molecule has 0 aromatic heterocycles. The molecular weight excluding hydrogens is 360 g/mol. The van der Waals surface area contributed by atoms with Crippen molar-refractivity contribution in [1.82, 2.24) is 15.4 Å². The lowest BCUT2D eigenvalue weighted by molar-refractivity contribution is -0.328. The summed E-state index contributed by atoms with van der Waals surface area (Å²) in [4.78, 5) is 24.3. The van der Waals surface area contributed by atoms with Gasteiger partial charge < -0.3 is 14.9 Å². The van der Waals surface area contributed by atoms with E-state index >= 15 is 0 Å². The number of amides is 1. The first-order valence-electron chi connectivity index (χ1n) is 10.1. The minimum Gasteiger partial charge on any atom is -0.339 e. The largest absolute Gasteiger partial charge is 0.339 e. The quantitative estimate of drug-likeness (QED) is 0.690. The highest BCUT2D eigenvalue weighted by Gasteiger charge is 2.67. The van der Waals surface area contributed by atoms with Crippen molar-refractivity contribution < 1.29 is 19.3 Å². The van der Waals surface area contributed by atoms with Gasteiger partial charge in [-0.15, -0.1) is 0 Å². The molecule has 0 radical (unpaired) electrons. The zero-order valence-electron chi connectivity index (χ0n) is 18.9. The highest BCUT2D eigenvalue weighted by Crippen LogP contribution is 2.53. The van der Waals surface area contributed by atoms with Gasteiger partial charge >= 0.3 is 0 Å². The molecule has 0 unspecified atom stereocenters. The molecule has 0 atom stereocenters. The van der Waals surface area contributed by atoms with E-state index in [-0.39, 0.29) is 17.0 Å². The van der Waals surface area contributed by atoms with Crippen LogP contribution in [0.15, 0.2) is 0 Å². The number of nitrogens with zero attached hydrogens (tertiary/aromatic N) is 2. The van der Waals surface area contributed by atoms with Crippen molar-refractivity contribution in [1.29, 1.82) is 0 Å². The molecule has 0 aromatic carbocycles. The molecular formula is C20H38N4O4. The van der Waals surface area contributed by atoms with Gasteiger partial charge in [0, 0.05) is 47.8 Å². The third-order valence-corrected chi connectivity index (χ3v) is 6.51. The van der Waals surface area contributed by atoms with Crippen LogP contribution in [0.1, 0.15) is 81.1 Å². The number of rotatable bonds is 2. The molecule has 3 heterocycles. The third kappa shape index (κ3) is 3.18. The Hall–Kier alpha value is -0.770. The number of hydrogen-bond acceptors (Lipinski definition) is 7. The van der Waals surface area contributed by atoms with Crippen molar-refractivity contribution >= 4 is 5.91 Å². The molecule has 3 rings (SSSR count). The van der Waals surface area contributed by atoms with Crippen molar-refractivity contribution in [3.63, 3.8) is 0 Å². The van der Waals surface area contributed by atoms with Crippen LogP contribution in [0, 0.1) is 0 Å². The fraction of sp³-hybridized carbons (Fsp3) is 0.950. The van der Waals surface area contributed by atoms with Gasteiger partial charge in [0.1, 0.15) is 5.72 Å². The molecule has 8 heteroatoms. The third-order valence-electron chi connectivity index (χ3n) is 6.51. The van der Waals surface area contributed by atoms with Crippen molar-refractivity contribution in [3.8, 4) is 0 Å². The van der Waals surface area contributed by atoms with Gasteiger partial charge in [-0.05, 0) is 55.4 Å². The second-order valence-corrected chi connectivity index (χ2v) is 11.4. The predicted octanol–water partition coefficient (Wildman–Crippen LogP) is 2.24. The van der Waals surface area contributed by atoms with E-state index in [2.05, 4.69) is 33.0 Å². The number of carbonyl (C=O) groups is 1. The van der Waals surface area contributed by atoms with Crippen LogP contribution in [-0.2, 0) is 19.3 Å². The van der Waals surface area contributed by atoms with Crippen LogP contribution in [0.5, 0.6) is 0 Å². The first kappa shape index (κ1) is 21.9. The average Bonchev–Trinajstić information content (AvgIpc) is 2.63. The van der Waals surface area contributed by atoms with Gasteiger partial charge in [0.25, 0.3) is 5.91 Å². The number of nitrogens with one attached hydrogen (secondary N) is 1. The fourth-order valence-corrected chi connectivity index (χ4v) is 6.79.